The molecule has 2 N–H and O–H groups in total. The molecule has 0 saturated carbocycles. The van der Waals surface area contributed by atoms with E-state index in [1.807, 2.05) is 0 Å². The number of hydrogen-bond donors (Lipinski definition) is 2. The van der Waals surface area contributed by atoms with Crippen LogP contribution in [-0.2, 0) is 31.4 Å². The average molecular weight is 192 g/mol. The van der Waals surface area contributed by atoms with E-state index in [2.05, 4.69) is 14.2 Å². The Labute approximate surface area is 47.8 Å². The van der Waals surface area contributed by atoms with Crippen molar-refractivity contribution in [3.8, 4) is 0 Å². The van der Waals surface area contributed by atoms with Crippen molar-refractivity contribution >= 4 is 6.29 Å². The van der Waals surface area contributed by atoms with Gasteiger partial charge in [-0.25, -0.2) is 0 Å². The molecule has 0 spiro atoms. The zero-order valence-corrected chi connectivity index (χ0v) is 5.66. The fraction of sp³-hybridized carbons (Fsp3) is 0. The third kappa shape index (κ3) is 5.19. The van der Waals surface area contributed by atoms with Crippen LogP contribution in [0.4, 0.5) is 0 Å². The van der Waals surface area contributed by atoms with Crippen LogP contribution in [0.1, 0.15) is 0 Å². The first-order valence-electron chi connectivity index (χ1n) is 0.874. The summed E-state index contributed by atoms with van der Waals surface area (Å²) in [6, 6.07) is 0. The molecule has 0 aromatic heterocycles. The number of rotatable bonds is 1. The molecule has 0 aromatic rings. The van der Waals surface area contributed by atoms with E-state index in [-0.39, 0.29) is 12.7 Å². The van der Waals surface area contributed by atoms with E-state index in [1.165, 1.54) is 0 Å². The molecule has 0 heterocycles. The maximum absolute atomic E-state index is 9.65. The molecule has 0 aromatic carbocycles. The summed E-state index contributed by atoms with van der Waals surface area (Å²) in [4.78, 5) is 15.8. The van der Waals surface area contributed by atoms with Crippen LogP contribution < -0.4 is 0 Å². The van der Waals surface area contributed by atoms with Gasteiger partial charge in [0.1, 0.15) is 0 Å². The third-order valence-corrected chi connectivity index (χ3v) is 3.97. The fourth-order valence-electron chi connectivity index (χ4n) is 0. The van der Waals surface area contributed by atoms with Gasteiger partial charge in [-0.3, -0.25) is 0 Å². The van der Waals surface area contributed by atoms with Gasteiger partial charge >= 0.3 is 47.5 Å². The molecule has 6 heavy (non-hydrogen) atoms. The van der Waals surface area contributed by atoms with Crippen LogP contribution in [0.3, 0.4) is 0 Å². The SMILES string of the molecule is O=[P](O)(O)[Fe][Mn]. The fourth-order valence-corrected chi connectivity index (χ4v) is 0. The first-order valence-corrected chi connectivity index (χ1v) is 5.98. The molecule has 0 amide bonds. The van der Waals surface area contributed by atoms with Crippen LogP contribution >= 0.6 is 6.29 Å². The Bertz CT molecular complexity index is 74.9. The van der Waals surface area contributed by atoms with Crippen LogP contribution in [-0.4, -0.2) is 9.79 Å². The summed E-state index contributed by atoms with van der Waals surface area (Å²) in [5.74, 6) is 0. The van der Waals surface area contributed by atoms with E-state index in [0.29, 0.717) is 0 Å². The van der Waals surface area contributed by atoms with E-state index in [1.54, 1.807) is 0 Å². The van der Waals surface area contributed by atoms with Crippen molar-refractivity contribution in [2.75, 3.05) is 0 Å². The summed E-state index contributed by atoms with van der Waals surface area (Å²) < 4.78 is 9.65. The van der Waals surface area contributed by atoms with E-state index < -0.39 is 6.29 Å². The number of hydrogen-bond acceptors (Lipinski definition) is 1. The van der Waals surface area contributed by atoms with Crippen molar-refractivity contribution in [2.24, 2.45) is 0 Å². The minimum absolute atomic E-state index is 0.250. The van der Waals surface area contributed by atoms with Gasteiger partial charge in [-0.2, -0.15) is 0 Å². The third-order valence-electron chi connectivity index (χ3n) is 0.0778. The molecule has 0 bridgehead atoms. The predicted octanol–water partition coefficient (Wildman–Crippen LogP) is -0.377. The van der Waals surface area contributed by atoms with E-state index >= 15 is 0 Å². The summed E-state index contributed by atoms with van der Waals surface area (Å²) in [6.45, 7) is 0. The molecular formula is H2FeMnO3P. The van der Waals surface area contributed by atoms with Crippen molar-refractivity contribution < 1.29 is 41.2 Å². The molecule has 0 aliphatic carbocycles. The molecule has 6 heteroatoms. The van der Waals surface area contributed by atoms with Crippen molar-refractivity contribution in [1.29, 1.82) is 0 Å². The van der Waals surface area contributed by atoms with E-state index in [9.17, 15) is 4.57 Å². The molecule has 0 fully saturated rings. The quantitative estimate of drug-likeness (QED) is 0.439. The van der Waals surface area contributed by atoms with E-state index in [4.69, 9.17) is 9.79 Å². The van der Waals surface area contributed by atoms with Crippen LogP contribution in [0.15, 0.2) is 0 Å². The Hall–Kier alpha value is 1.19. The summed E-state index contributed by atoms with van der Waals surface area (Å²) in [6.07, 6.45) is -3.73. The van der Waals surface area contributed by atoms with Crippen molar-refractivity contribution in [2.45, 2.75) is 0 Å². The van der Waals surface area contributed by atoms with Gasteiger partial charge in [-0.05, 0) is 0 Å². The second-order valence-electron chi connectivity index (χ2n) is 0.518. The zero-order valence-electron chi connectivity index (χ0n) is 2.48. The van der Waals surface area contributed by atoms with Gasteiger partial charge < -0.3 is 0 Å². The molecule has 0 saturated heterocycles. The Morgan fingerprint density at radius 1 is 1.67 bits per heavy atom. The monoisotopic (exact) mass is 192 g/mol. The first kappa shape index (κ1) is 7.19. The Kier molecular flexibility index (Phi) is 2.98. The zero-order chi connectivity index (χ0) is 5.21. The summed E-state index contributed by atoms with van der Waals surface area (Å²) in [5.41, 5.74) is 0. The second-order valence-corrected chi connectivity index (χ2v) is 6.35. The molecule has 40 valence electrons. The average Bonchev–Trinajstić information content (AvgIpc) is 1.35. The standard InChI is InChI=1S/Fe.Mn.HO3P/c;;1-4(2)3/h;;(H-,1,2,3)/q-1;;/p+1. The van der Waals surface area contributed by atoms with Crippen molar-refractivity contribution in [3.63, 3.8) is 0 Å². The summed E-state index contributed by atoms with van der Waals surface area (Å²) >= 11 is 2.36. The van der Waals surface area contributed by atoms with Crippen LogP contribution in [0.25, 0.3) is 0 Å². The molecule has 0 radical (unpaired) electrons. The van der Waals surface area contributed by atoms with Crippen LogP contribution in [0.5, 0.6) is 0 Å². The molecule has 0 aliphatic heterocycles. The van der Waals surface area contributed by atoms with Gasteiger partial charge in [0.2, 0.25) is 0 Å². The van der Waals surface area contributed by atoms with Crippen LogP contribution in [0.2, 0.25) is 0 Å². The molecule has 0 atom stereocenters. The summed E-state index contributed by atoms with van der Waals surface area (Å²) in [5, 5.41) is 0. The summed E-state index contributed by atoms with van der Waals surface area (Å²) in [7, 11) is 0. The van der Waals surface area contributed by atoms with Crippen LogP contribution in [0, 0.1) is 0 Å². The predicted molar refractivity (Wildman–Crippen MR) is 12.0 cm³/mol. The first-order chi connectivity index (χ1) is 2.56. The van der Waals surface area contributed by atoms with Gasteiger partial charge in [0.05, 0.1) is 0 Å². The van der Waals surface area contributed by atoms with Gasteiger partial charge in [0.25, 0.3) is 0 Å². The van der Waals surface area contributed by atoms with Gasteiger partial charge in [-0.15, -0.1) is 0 Å². The molecule has 0 rings (SSSR count). The Morgan fingerprint density at radius 2 is 1.83 bits per heavy atom. The minimum atomic E-state index is -3.73. The van der Waals surface area contributed by atoms with Gasteiger partial charge in [0, 0.05) is 0 Å². The normalized spacial score (nSPS) is 12.5. The second kappa shape index (κ2) is 2.48. The molecule has 3 nitrogen and oxygen atoms in total. The van der Waals surface area contributed by atoms with Gasteiger partial charge in [0.15, 0.2) is 0 Å². The maximum atomic E-state index is 9.65. The molecule has 0 aliphatic rings. The molecule has 0 unspecified atom stereocenters. The Morgan fingerprint density at radius 3 is 1.83 bits per heavy atom. The van der Waals surface area contributed by atoms with Crippen molar-refractivity contribution in [1.82, 2.24) is 0 Å². The van der Waals surface area contributed by atoms with E-state index in [0.717, 1.165) is 0 Å². The van der Waals surface area contributed by atoms with Crippen molar-refractivity contribution in [3.05, 3.63) is 0 Å². The Balaban J connectivity index is 3.48. The topological polar surface area (TPSA) is 57.5 Å². The van der Waals surface area contributed by atoms with Gasteiger partial charge in [-0.1, -0.05) is 0 Å². The molecular weight excluding hydrogens is 190 g/mol.